The van der Waals surface area contributed by atoms with Crippen LogP contribution >= 0.6 is 11.8 Å². The summed E-state index contributed by atoms with van der Waals surface area (Å²) in [5.41, 5.74) is -0.194. The number of piperazine rings is 1. The summed E-state index contributed by atoms with van der Waals surface area (Å²) in [4.78, 5) is 59.7. The molecule has 3 heterocycles. The fourth-order valence-electron chi connectivity index (χ4n) is 5.56. The Morgan fingerprint density at radius 3 is 2.29 bits per heavy atom. The lowest BCUT2D eigenvalue weighted by Gasteiger charge is -2.34. The molecule has 0 bridgehead atoms. The Hall–Kier alpha value is -3.69. The van der Waals surface area contributed by atoms with Gasteiger partial charge in [-0.05, 0) is 70.9 Å². The van der Waals surface area contributed by atoms with Crippen molar-refractivity contribution in [1.29, 1.82) is 0 Å². The Morgan fingerprint density at radius 2 is 1.69 bits per heavy atom. The molecule has 2 fully saturated rings. The topological polar surface area (TPSA) is 156 Å². The van der Waals surface area contributed by atoms with E-state index in [-0.39, 0.29) is 23.1 Å². The van der Waals surface area contributed by atoms with Gasteiger partial charge >= 0.3 is 12.1 Å². The fourth-order valence-corrected chi connectivity index (χ4v) is 8.69. The molecule has 49 heavy (non-hydrogen) atoms. The van der Waals surface area contributed by atoms with E-state index in [1.165, 1.54) is 36.3 Å². The molecule has 2 saturated heterocycles. The van der Waals surface area contributed by atoms with E-state index in [4.69, 9.17) is 9.47 Å². The summed E-state index contributed by atoms with van der Waals surface area (Å²) in [5.74, 6) is -0.852. The van der Waals surface area contributed by atoms with Crippen molar-refractivity contribution >= 4 is 45.7 Å². The van der Waals surface area contributed by atoms with Crippen molar-refractivity contribution in [1.82, 2.24) is 24.4 Å². The van der Waals surface area contributed by atoms with E-state index in [9.17, 15) is 27.6 Å². The number of esters is 1. The second-order valence-corrected chi connectivity index (χ2v) is 17.1. The maximum atomic E-state index is 13.9. The number of thioether (sulfide) groups is 1. The molecule has 2 aliphatic rings. The Balaban J connectivity index is 1.44. The van der Waals surface area contributed by atoms with Crippen LogP contribution in [0.25, 0.3) is 0 Å². The van der Waals surface area contributed by atoms with E-state index in [2.05, 4.69) is 10.3 Å². The number of unbranched alkanes of at least 4 members (excludes halogenated alkanes) is 1. The van der Waals surface area contributed by atoms with Gasteiger partial charge in [0.05, 0.1) is 5.88 Å². The molecular weight excluding hydrogens is 671 g/mol. The number of carbonyl (C=O) groups is 4. The van der Waals surface area contributed by atoms with E-state index in [1.807, 2.05) is 6.92 Å². The van der Waals surface area contributed by atoms with E-state index < -0.39 is 50.4 Å². The molecule has 2 atom stereocenters. The molecule has 1 N–H and O–H groups in total. The Labute approximate surface area is 293 Å². The second-order valence-electron chi connectivity index (χ2n) is 13.6. The van der Waals surface area contributed by atoms with Crippen molar-refractivity contribution in [2.45, 2.75) is 94.6 Å². The van der Waals surface area contributed by atoms with Gasteiger partial charge in [-0.25, -0.2) is 18.0 Å². The first-order valence-corrected chi connectivity index (χ1v) is 18.9. The summed E-state index contributed by atoms with van der Waals surface area (Å²) in [5, 5.41) is 2.78. The molecule has 2 aliphatic heterocycles. The number of amides is 3. The van der Waals surface area contributed by atoms with Gasteiger partial charge in [0.2, 0.25) is 21.8 Å². The molecule has 0 unspecified atom stereocenters. The molecule has 0 saturated carbocycles. The van der Waals surface area contributed by atoms with Crippen molar-refractivity contribution < 1.29 is 37.1 Å². The smallest absolute Gasteiger partial charge is 0.415 e. The Kier molecular flexibility index (Phi) is 12.4. The zero-order valence-corrected chi connectivity index (χ0v) is 30.6. The quantitative estimate of drug-likeness (QED) is 0.339. The summed E-state index contributed by atoms with van der Waals surface area (Å²) >= 11 is 1.32. The monoisotopic (exact) mass is 717 g/mol. The van der Waals surface area contributed by atoms with Gasteiger partial charge in [-0.1, -0.05) is 25.5 Å². The molecule has 0 radical (unpaired) electrons. The predicted octanol–water partition coefficient (Wildman–Crippen LogP) is 3.83. The molecule has 0 aliphatic carbocycles. The standard InChI is InChI=1S/C34H47N5O8S2/c1-7-8-11-28(40)37-17-19-38(20-18-37)32(43)46-25-14-12-24(13-15-25)21-27(31(42)47-33(2,3)4)36-30(41)29-34(5,6)48-23-39(29)49(44,45)26-10-9-16-35-22-26/h9-10,12-16,22,27,29H,7-8,11,17-21,23H2,1-6H3,(H,36,41)/t27-,29+/m0/s1. The molecule has 268 valence electrons. The predicted molar refractivity (Wildman–Crippen MR) is 185 cm³/mol. The van der Waals surface area contributed by atoms with Gasteiger partial charge in [-0.3, -0.25) is 14.6 Å². The summed E-state index contributed by atoms with van der Waals surface area (Å²) in [6.45, 7) is 12.4. The van der Waals surface area contributed by atoms with E-state index in [0.717, 1.165) is 17.1 Å². The van der Waals surface area contributed by atoms with Crippen molar-refractivity contribution in [3.8, 4) is 5.75 Å². The molecule has 4 rings (SSSR count). The number of carbonyl (C=O) groups excluding carboxylic acids is 4. The molecule has 1 aromatic heterocycles. The molecule has 13 nitrogen and oxygen atoms in total. The van der Waals surface area contributed by atoms with Crippen LogP contribution < -0.4 is 10.1 Å². The number of ether oxygens (including phenoxy) is 2. The van der Waals surface area contributed by atoms with Crippen LogP contribution in [0.4, 0.5) is 4.79 Å². The lowest BCUT2D eigenvalue weighted by Crippen LogP contribution is -2.57. The first kappa shape index (κ1) is 38.1. The van der Waals surface area contributed by atoms with Gasteiger partial charge in [-0.2, -0.15) is 4.31 Å². The number of sulfonamides is 1. The molecular formula is C34H47N5O8S2. The highest BCUT2D eigenvalue weighted by atomic mass is 32.2. The lowest BCUT2D eigenvalue weighted by atomic mass is 10.0. The molecule has 3 amide bonds. The lowest BCUT2D eigenvalue weighted by molar-refractivity contribution is -0.158. The molecule has 1 aromatic carbocycles. The van der Waals surface area contributed by atoms with E-state index in [0.29, 0.717) is 43.9 Å². The number of rotatable bonds is 11. The molecule has 15 heteroatoms. The first-order chi connectivity index (χ1) is 23.0. The maximum absolute atomic E-state index is 13.9. The first-order valence-electron chi connectivity index (χ1n) is 16.4. The van der Waals surface area contributed by atoms with Crippen LogP contribution in [0.2, 0.25) is 0 Å². The van der Waals surface area contributed by atoms with Gasteiger partial charge in [-0.15, -0.1) is 11.8 Å². The fraction of sp³-hybridized carbons (Fsp3) is 0.559. The molecule has 0 spiro atoms. The highest BCUT2D eigenvalue weighted by molar-refractivity contribution is 8.02. The minimum Gasteiger partial charge on any atom is -0.458 e. The zero-order chi connectivity index (χ0) is 36.0. The number of nitrogens with one attached hydrogen (secondary N) is 1. The average Bonchev–Trinajstić information content (AvgIpc) is 3.39. The van der Waals surface area contributed by atoms with Crippen molar-refractivity contribution in [2.24, 2.45) is 0 Å². The van der Waals surface area contributed by atoms with Crippen molar-refractivity contribution in [3.05, 3.63) is 54.4 Å². The van der Waals surface area contributed by atoms with Crippen LogP contribution in [-0.2, 0) is 35.6 Å². The minimum atomic E-state index is -4.07. The van der Waals surface area contributed by atoms with Crippen molar-refractivity contribution in [2.75, 3.05) is 32.1 Å². The highest BCUT2D eigenvalue weighted by Crippen LogP contribution is 2.42. The molecule has 2 aromatic rings. The summed E-state index contributed by atoms with van der Waals surface area (Å²) in [6.07, 6.45) is 4.53. The van der Waals surface area contributed by atoms with Crippen LogP contribution in [-0.4, -0.2) is 106 Å². The number of benzene rings is 1. The number of pyridine rings is 1. The summed E-state index contributed by atoms with van der Waals surface area (Å²) in [6, 6.07) is 7.26. The SMILES string of the molecule is CCCCC(=O)N1CCN(C(=O)Oc2ccc(C[C@H](NC(=O)[C@H]3N(S(=O)(=O)c4cccnc4)CSC3(C)C)C(=O)OC(C)(C)C)cc2)CC1. The normalized spacial score (nSPS) is 18.9. The maximum Gasteiger partial charge on any atom is 0.415 e. The number of hydrogen-bond donors (Lipinski definition) is 1. The zero-order valence-electron chi connectivity index (χ0n) is 29.0. The number of aromatic nitrogens is 1. The van der Waals surface area contributed by atoms with Gasteiger partial charge in [0.15, 0.2) is 0 Å². The van der Waals surface area contributed by atoms with Crippen LogP contribution in [0.1, 0.15) is 66.4 Å². The number of hydrogen-bond acceptors (Lipinski definition) is 10. The highest BCUT2D eigenvalue weighted by Gasteiger charge is 2.51. The summed E-state index contributed by atoms with van der Waals surface area (Å²) in [7, 11) is -4.07. The van der Waals surface area contributed by atoms with Crippen molar-refractivity contribution in [3.63, 3.8) is 0 Å². The minimum absolute atomic E-state index is 0.0321. The van der Waals surface area contributed by atoms with Crippen LogP contribution in [0.3, 0.4) is 0 Å². The van der Waals surface area contributed by atoms with E-state index >= 15 is 0 Å². The summed E-state index contributed by atoms with van der Waals surface area (Å²) < 4.78 is 38.7. The Morgan fingerprint density at radius 1 is 1.04 bits per heavy atom. The third kappa shape index (κ3) is 9.94. The van der Waals surface area contributed by atoms with Gasteiger partial charge < -0.3 is 24.6 Å². The largest absolute Gasteiger partial charge is 0.458 e. The van der Waals surface area contributed by atoms with Gasteiger partial charge in [0, 0.05) is 56.2 Å². The van der Waals surface area contributed by atoms with E-state index in [1.54, 1.807) is 68.7 Å². The average molecular weight is 718 g/mol. The van der Waals surface area contributed by atoms with Gasteiger partial charge in [0.25, 0.3) is 0 Å². The third-order valence-electron chi connectivity index (χ3n) is 8.21. The second kappa shape index (κ2) is 15.9. The van der Waals surface area contributed by atoms with Gasteiger partial charge in [0.1, 0.15) is 28.3 Å². The third-order valence-corrected chi connectivity index (χ3v) is 11.5. The van der Waals surface area contributed by atoms with Crippen LogP contribution in [0.15, 0.2) is 53.7 Å². The van der Waals surface area contributed by atoms with Crippen LogP contribution in [0.5, 0.6) is 5.75 Å². The Bertz CT molecular complexity index is 1590. The number of nitrogens with zero attached hydrogens (tertiary/aromatic N) is 4. The van der Waals surface area contributed by atoms with Crippen LogP contribution in [0, 0.1) is 0 Å².